The van der Waals surface area contributed by atoms with Crippen LogP contribution in [0, 0.1) is 0 Å². The van der Waals surface area contributed by atoms with E-state index in [9.17, 15) is 5.11 Å². The number of benzene rings is 1. The quantitative estimate of drug-likeness (QED) is 0.798. The molecular weight excluding hydrogens is 190 g/mol. The van der Waals surface area contributed by atoms with Gasteiger partial charge in [0.1, 0.15) is 0 Å². The molecule has 0 radical (unpaired) electrons. The fourth-order valence-corrected chi connectivity index (χ4v) is 2.04. The summed E-state index contributed by atoms with van der Waals surface area (Å²) in [5, 5.41) is 9.67. The molecule has 1 N–H and O–H groups in total. The zero-order chi connectivity index (χ0) is 10.7. The van der Waals surface area contributed by atoms with Gasteiger partial charge in [-0.1, -0.05) is 30.3 Å². The van der Waals surface area contributed by atoms with Gasteiger partial charge in [0.2, 0.25) is 0 Å². The largest absolute Gasteiger partial charge is 0.389 e. The van der Waals surface area contributed by atoms with Crippen LogP contribution in [0.15, 0.2) is 30.3 Å². The van der Waals surface area contributed by atoms with Gasteiger partial charge in [-0.05, 0) is 5.56 Å². The van der Waals surface area contributed by atoms with Crippen molar-refractivity contribution < 1.29 is 9.84 Å². The van der Waals surface area contributed by atoms with Gasteiger partial charge in [0, 0.05) is 26.7 Å². The first-order chi connectivity index (χ1) is 7.29. The maximum atomic E-state index is 9.67. The van der Waals surface area contributed by atoms with Crippen LogP contribution in [0.4, 0.5) is 0 Å². The van der Waals surface area contributed by atoms with E-state index in [2.05, 4.69) is 17.0 Å². The molecule has 3 nitrogen and oxygen atoms in total. The Morgan fingerprint density at radius 2 is 2.07 bits per heavy atom. The van der Waals surface area contributed by atoms with Crippen molar-refractivity contribution in [2.45, 2.75) is 18.8 Å². The van der Waals surface area contributed by atoms with E-state index in [4.69, 9.17) is 4.74 Å². The molecule has 1 aliphatic heterocycles. The smallest absolute Gasteiger partial charge is 0.0969 e. The molecule has 0 bridgehead atoms. The lowest BCUT2D eigenvalue weighted by Gasteiger charge is -2.14. The van der Waals surface area contributed by atoms with E-state index in [-0.39, 0.29) is 12.2 Å². The second-order valence-electron chi connectivity index (χ2n) is 4.02. The predicted molar refractivity (Wildman–Crippen MR) is 58.5 cm³/mol. The fourth-order valence-electron chi connectivity index (χ4n) is 2.04. The van der Waals surface area contributed by atoms with Gasteiger partial charge >= 0.3 is 0 Å². The highest BCUT2D eigenvalue weighted by molar-refractivity contribution is 5.14. The SMILES string of the molecule is CO[C@H]1CN(Cc2ccccc2)C[C@H]1O. The number of aliphatic hydroxyl groups is 1. The summed E-state index contributed by atoms with van der Waals surface area (Å²) in [5.74, 6) is 0. The van der Waals surface area contributed by atoms with E-state index in [1.54, 1.807) is 7.11 Å². The minimum atomic E-state index is -0.348. The molecule has 0 saturated carbocycles. The Morgan fingerprint density at radius 1 is 1.33 bits per heavy atom. The summed E-state index contributed by atoms with van der Waals surface area (Å²) in [5.41, 5.74) is 1.28. The Kier molecular flexibility index (Phi) is 3.36. The molecule has 0 spiro atoms. The predicted octanol–water partition coefficient (Wildman–Crippen LogP) is 0.878. The van der Waals surface area contributed by atoms with E-state index < -0.39 is 0 Å². The summed E-state index contributed by atoms with van der Waals surface area (Å²) in [6.07, 6.45) is -0.382. The van der Waals surface area contributed by atoms with Crippen molar-refractivity contribution in [1.82, 2.24) is 4.90 Å². The Bertz CT molecular complexity index is 302. The molecule has 0 unspecified atom stereocenters. The maximum absolute atomic E-state index is 9.67. The summed E-state index contributed by atoms with van der Waals surface area (Å²) in [6.45, 7) is 2.40. The molecule has 0 amide bonds. The molecule has 0 aliphatic carbocycles. The van der Waals surface area contributed by atoms with Crippen LogP contribution in [0.5, 0.6) is 0 Å². The third kappa shape index (κ3) is 2.56. The summed E-state index contributed by atoms with van der Waals surface area (Å²) < 4.78 is 5.20. The van der Waals surface area contributed by atoms with Crippen molar-refractivity contribution in [2.75, 3.05) is 20.2 Å². The normalized spacial score (nSPS) is 27.1. The molecule has 2 atom stereocenters. The van der Waals surface area contributed by atoms with Crippen molar-refractivity contribution in [3.8, 4) is 0 Å². The highest BCUT2D eigenvalue weighted by atomic mass is 16.5. The van der Waals surface area contributed by atoms with Crippen molar-refractivity contribution >= 4 is 0 Å². The molecule has 15 heavy (non-hydrogen) atoms. The lowest BCUT2D eigenvalue weighted by Crippen LogP contribution is -2.25. The third-order valence-electron chi connectivity index (χ3n) is 2.86. The van der Waals surface area contributed by atoms with Gasteiger partial charge in [0.15, 0.2) is 0 Å². The molecule has 2 rings (SSSR count). The molecule has 82 valence electrons. The fraction of sp³-hybridized carbons (Fsp3) is 0.500. The average molecular weight is 207 g/mol. The Labute approximate surface area is 90.3 Å². The van der Waals surface area contributed by atoms with Crippen molar-refractivity contribution in [1.29, 1.82) is 0 Å². The molecule has 1 aromatic rings. The first-order valence-electron chi connectivity index (χ1n) is 5.26. The van der Waals surface area contributed by atoms with E-state index in [0.717, 1.165) is 13.1 Å². The van der Waals surface area contributed by atoms with Crippen LogP contribution in [0.2, 0.25) is 0 Å². The van der Waals surface area contributed by atoms with Gasteiger partial charge in [-0.3, -0.25) is 4.90 Å². The van der Waals surface area contributed by atoms with Gasteiger partial charge in [0.25, 0.3) is 0 Å². The highest BCUT2D eigenvalue weighted by Gasteiger charge is 2.30. The van der Waals surface area contributed by atoms with E-state index >= 15 is 0 Å². The minimum absolute atomic E-state index is 0.0336. The number of hydrogen-bond acceptors (Lipinski definition) is 3. The zero-order valence-electron chi connectivity index (χ0n) is 8.97. The lowest BCUT2D eigenvalue weighted by atomic mass is 10.2. The van der Waals surface area contributed by atoms with Crippen LogP contribution in [-0.4, -0.2) is 42.4 Å². The van der Waals surface area contributed by atoms with Crippen molar-refractivity contribution in [3.05, 3.63) is 35.9 Å². The number of nitrogens with zero attached hydrogens (tertiary/aromatic N) is 1. The Morgan fingerprint density at radius 3 is 2.67 bits per heavy atom. The van der Waals surface area contributed by atoms with E-state index in [1.165, 1.54) is 5.56 Å². The molecule has 1 saturated heterocycles. The van der Waals surface area contributed by atoms with Crippen molar-refractivity contribution in [2.24, 2.45) is 0 Å². The maximum Gasteiger partial charge on any atom is 0.0969 e. The number of β-amino-alcohol motifs (C(OH)–C–C–N with tert-alkyl or cyclic N) is 1. The zero-order valence-corrected chi connectivity index (χ0v) is 8.97. The number of hydrogen-bond donors (Lipinski definition) is 1. The minimum Gasteiger partial charge on any atom is -0.389 e. The molecule has 1 heterocycles. The first kappa shape index (κ1) is 10.6. The number of aliphatic hydroxyl groups excluding tert-OH is 1. The average Bonchev–Trinajstić information content (AvgIpc) is 2.60. The molecule has 1 fully saturated rings. The van der Waals surface area contributed by atoms with Crippen LogP contribution in [0.1, 0.15) is 5.56 Å². The molecule has 1 aliphatic rings. The molecule has 3 heteroatoms. The van der Waals surface area contributed by atoms with Gasteiger partial charge in [-0.15, -0.1) is 0 Å². The van der Waals surface area contributed by atoms with Crippen LogP contribution in [0.3, 0.4) is 0 Å². The van der Waals surface area contributed by atoms with Gasteiger partial charge in [0.05, 0.1) is 12.2 Å². The summed E-state index contributed by atoms with van der Waals surface area (Å²) >= 11 is 0. The van der Waals surface area contributed by atoms with E-state index in [0.29, 0.717) is 6.54 Å². The molecule has 0 aromatic heterocycles. The summed E-state index contributed by atoms with van der Waals surface area (Å²) in [4.78, 5) is 2.22. The van der Waals surface area contributed by atoms with Crippen LogP contribution in [0.25, 0.3) is 0 Å². The van der Waals surface area contributed by atoms with Gasteiger partial charge in [-0.25, -0.2) is 0 Å². The second-order valence-corrected chi connectivity index (χ2v) is 4.02. The summed E-state index contributed by atoms with van der Waals surface area (Å²) in [7, 11) is 1.65. The van der Waals surface area contributed by atoms with Gasteiger partial charge < -0.3 is 9.84 Å². The third-order valence-corrected chi connectivity index (χ3v) is 2.86. The summed E-state index contributed by atoms with van der Waals surface area (Å²) in [6, 6.07) is 10.3. The van der Waals surface area contributed by atoms with Crippen molar-refractivity contribution in [3.63, 3.8) is 0 Å². The van der Waals surface area contributed by atoms with Crippen LogP contribution in [-0.2, 0) is 11.3 Å². The van der Waals surface area contributed by atoms with Crippen LogP contribution >= 0.6 is 0 Å². The molecule has 1 aromatic carbocycles. The molecular formula is C12H17NO2. The topological polar surface area (TPSA) is 32.7 Å². The van der Waals surface area contributed by atoms with Gasteiger partial charge in [-0.2, -0.15) is 0 Å². The number of rotatable bonds is 3. The monoisotopic (exact) mass is 207 g/mol. The standard InChI is InChI=1S/C12H17NO2/c1-15-12-9-13(8-11(12)14)7-10-5-3-2-4-6-10/h2-6,11-12,14H,7-9H2,1H3/t11-,12+/m1/s1. The van der Waals surface area contributed by atoms with E-state index in [1.807, 2.05) is 18.2 Å². The lowest BCUT2D eigenvalue weighted by molar-refractivity contribution is 0.0215. The highest BCUT2D eigenvalue weighted by Crippen LogP contribution is 2.15. The van der Waals surface area contributed by atoms with Crippen LogP contribution < -0.4 is 0 Å². The number of likely N-dealkylation sites (tertiary alicyclic amines) is 1. The second kappa shape index (κ2) is 4.75. The number of methoxy groups -OCH3 is 1. The number of ether oxygens (including phenoxy) is 1. The first-order valence-corrected chi connectivity index (χ1v) is 5.26. The Balaban J connectivity index is 1.92. The Hall–Kier alpha value is -0.900.